The van der Waals surface area contributed by atoms with Gasteiger partial charge in [0.05, 0.1) is 18.6 Å². The summed E-state index contributed by atoms with van der Waals surface area (Å²) >= 11 is 0. The Morgan fingerprint density at radius 2 is 2.17 bits per heavy atom. The van der Waals surface area contributed by atoms with E-state index in [0.29, 0.717) is 13.1 Å². The number of nitrogens with one attached hydrogen (secondary N) is 2. The SMILES string of the molecule is CCn1cnnc1CNC(=O)N1CCN[C@H](c2ccccc2)[C@@H]1C. The van der Waals surface area contributed by atoms with E-state index in [1.807, 2.05) is 34.6 Å². The lowest BCUT2D eigenvalue weighted by Gasteiger charge is -2.40. The highest BCUT2D eigenvalue weighted by Crippen LogP contribution is 2.23. The van der Waals surface area contributed by atoms with E-state index in [0.717, 1.165) is 18.9 Å². The van der Waals surface area contributed by atoms with Gasteiger partial charge in [0.15, 0.2) is 5.82 Å². The average molecular weight is 328 g/mol. The van der Waals surface area contributed by atoms with E-state index < -0.39 is 0 Å². The molecule has 2 N–H and O–H groups in total. The van der Waals surface area contributed by atoms with Gasteiger partial charge in [-0.2, -0.15) is 0 Å². The van der Waals surface area contributed by atoms with Crippen LogP contribution in [0.5, 0.6) is 0 Å². The number of carbonyl (C=O) groups is 1. The zero-order valence-corrected chi connectivity index (χ0v) is 14.1. The number of benzene rings is 1. The smallest absolute Gasteiger partial charge is 0.318 e. The van der Waals surface area contributed by atoms with Gasteiger partial charge in [0.25, 0.3) is 0 Å². The van der Waals surface area contributed by atoms with Crippen molar-refractivity contribution in [2.75, 3.05) is 13.1 Å². The van der Waals surface area contributed by atoms with Crippen molar-refractivity contribution in [3.63, 3.8) is 0 Å². The molecule has 0 saturated carbocycles. The molecule has 1 fully saturated rings. The van der Waals surface area contributed by atoms with Gasteiger partial charge < -0.3 is 20.1 Å². The summed E-state index contributed by atoms with van der Waals surface area (Å²) in [6.07, 6.45) is 1.68. The maximum absolute atomic E-state index is 12.6. The fraction of sp³-hybridized carbons (Fsp3) is 0.471. The molecule has 3 rings (SSSR count). The van der Waals surface area contributed by atoms with Gasteiger partial charge in [0.2, 0.25) is 0 Å². The second-order valence-corrected chi connectivity index (χ2v) is 5.97. The molecule has 7 heteroatoms. The minimum atomic E-state index is -0.0596. The van der Waals surface area contributed by atoms with E-state index in [1.165, 1.54) is 5.56 Å². The van der Waals surface area contributed by atoms with Crippen molar-refractivity contribution in [3.05, 3.63) is 48.0 Å². The fourth-order valence-electron chi connectivity index (χ4n) is 3.17. The van der Waals surface area contributed by atoms with Crippen LogP contribution in [0.4, 0.5) is 4.79 Å². The first kappa shape index (κ1) is 16.4. The van der Waals surface area contributed by atoms with Gasteiger partial charge in [-0.25, -0.2) is 4.79 Å². The summed E-state index contributed by atoms with van der Waals surface area (Å²) < 4.78 is 1.92. The third-order valence-electron chi connectivity index (χ3n) is 4.54. The lowest BCUT2D eigenvalue weighted by atomic mass is 9.97. The quantitative estimate of drug-likeness (QED) is 0.893. The summed E-state index contributed by atoms with van der Waals surface area (Å²) in [5.74, 6) is 0.772. The molecule has 0 bridgehead atoms. The Morgan fingerprint density at radius 1 is 1.38 bits per heavy atom. The molecule has 1 saturated heterocycles. The molecule has 2 aromatic rings. The van der Waals surface area contributed by atoms with Crippen LogP contribution in [-0.4, -0.2) is 44.8 Å². The molecule has 2 atom stereocenters. The Balaban J connectivity index is 1.64. The predicted octanol–water partition coefficient (Wildman–Crippen LogP) is 1.54. The molecule has 0 unspecified atom stereocenters. The maximum atomic E-state index is 12.6. The van der Waals surface area contributed by atoms with E-state index in [-0.39, 0.29) is 18.1 Å². The summed E-state index contributed by atoms with van der Waals surface area (Å²) in [6, 6.07) is 10.4. The molecular weight excluding hydrogens is 304 g/mol. The molecule has 1 aliphatic rings. The molecule has 0 aliphatic carbocycles. The molecule has 0 spiro atoms. The zero-order chi connectivity index (χ0) is 16.9. The van der Waals surface area contributed by atoms with E-state index in [4.69, 9.17) is 0 Å². The van der Waals surface area contributed by atoms with Crippen LogP contribution in [0.2, 0.25) is 0 Å². The van der Waals surface area contributed by atoms with Crippen molar-refractivity contribution >= 4 is 6.03 Å². The molecule has 1 aliphatic heterocycles. The van der Waals surface area contributed by atoms with Crippen molar-refractivity contribution in [3.8, 4) is 0 Å². The predicted molar refractivity (Wildman–Crippen MR) is 91.3 cm³/mol. The van der Waals surface area contributed by atoms with Crippen molar-refractivity contribution in [1.29, 1.82) is 0 Å². The third kappa shape index (κ3) is 3.41. The van der Waals surface area contributed by atoms with E-state index in [1.54, 1.807) is 6.33 Å². The highest BCUT2D eigenvalue weighted by Gasteiger charge is 2.31. The Morgan fingerprint density at radius 3 is 2.92 bits per heavy atom. The van der Waals surface area contributed by atoms with Crippen LogP contribution in [0, 0.1) is 0 Å². The van der Waals surface area contributed by atoms with Gasteiger partial charge in [-0.1, -0.05) is 30.3 Å². The van der Waals surface area contributed by atoms with Crippen LogP contribution in [0.25, 0.3) is 0 Å². The number of aromatic nitrogens is 3. The van der Waals surface area contributed by atoms with Gasteiger partial charge in [0.1, 0.15) is 6.33 Å². The van der Waals surface area contributed by atoms with Crippen molar-refractivity contribution < 1.29 is 4.79 Å². The summed E-state index contributed by atoms with van der Waals surface area (Å²) in [5.41, 5.74) is 1.20. The van der Waals surface area contributed by atoms with Gasteiger partial charge in [-0.3, -0.25) is 0 Å². The van der Waals surface area contributed by atoms with Gasteiger partial charge >= 0.3 is 6.03 Å². The molecule has 2 heterocycles. The van der Waals surface area contributed by atoms with Crippen LogP contribution in [-0.2, 0) is 13.1 Å². The largest absolute Gasteiger partial charge is 0.331 e. The van der Waals surface area contributed by atoms with Crippen molar-refractivity contribution in [1.82, 2.24) is 30.3 Å². The number of aryl methyl sites for hydroxylation is 1. The minimum absolute atomic E-state index is 0.0596. The Hall–Kier alpha value is -2.41. The molecule has 128 valence electrons. The van der Waals surface area contributed by atoms with Crippen LogP contribution in [0.15, 0.2) is 36.7 Å². The van der Waals surface area contributed by atoms with E-state index in [2.05, 4.69) is 39.9 Å². The number of hydrogen-bond acceptors (Lipinski definition) is 4. The molecule has 2 amide bonds. The number of carbonyl (C=O) groups excluding carboxylic acids is 1. The van der Waals surface area contributed by atoms with Gasteiger partial charge in [-0.05, 0) is 19.4 Å². The molecule has 1 aromatic heterocycles. The number of piperazine rings is 1. The number of nitrogens with zero attached hydrogens (tertiary/aromatic N) is 4. The molecular formula is C17H24N6O. The summed E-state index contributed by atoms with van der Waals surface area (Å²) in [4.78, 5) is 14.5. The lowest BCUT2D eigenvalue weighted by Crippen LogP contribution is -2.56. The van der Waals surface area contributed by atoms with Crippen molar-refractivity contribution in [2.45, 2.75) is 39.0 Å². The van der Waals surface area contributed by atoms with E-state index in [9.17, 15) is 4.79 Å². The zero-order valence-electron chi connectivity index (χ0n) is 14.1. The van der Waals surface area contributed by atoms with Crippen LogP contribution in [0.3, 0.4) is 0 Å². The number of urea groups is 1. The fourth-order valence-corrected chi connectivity index (χ4v) is 3.17. The first-order valence-corrected chi connectivity index (χ1v) is 8.40. The van der Waals surface area contributed by atoms with Crippen molar-refractivity contribution in [2.24, 2.45) is 0 Å². The lowest BCUT2D eigenvalue weighted by molar-refractivity contribution is 0.140. The highest BCUT2D eigenvalue weighted by molar-refractivity contribution is 5.74. The first-order chi connectivity index (χ1) is 11.7. The van der Waals surface area contributed by atoms with E-state index >= 15 is 0 Å². The normalized spacial score (nSPS) is 20.8. The number of amides is 2. The molecule has 1 aromatic carbocycles. The minimum Gasteiger partial charge on any atom is -0.331 e. The second kappa shape index (κ2) is 7.44. The second-order valence-electron chi connectivity index (χ2n) is 5.97. The molecule has 0 radical (unpaired) electrons. The third-order valence-corrected chi connectivity index (χ3v) is 4.54. The summed E-state index contributed by atoms with van der Waals surface area (Å²) in [7, 11) is 0. The molecule has 7 nitrogen and oxygen atoms in total. The standard InChI is InChI=1S/C17H24N6O/c1-3-22-12-20-21-15(22)11-19-17(24)23-10-9-18-16(13(23)2)14-7-5-4-6-8-14/h4-8,12-13,16,18H,3,9-11H2,1-2H3,(H,19,24)/t13-,16-/m0/s1. The average Bonchev–Trinajstić information content (AvgIpc) is 3.08. The number of rotatable bonds is 4. The van der Waals surface area contributed by atoms with Gasteiger partial charge in [-0.15, -0.1) is 10.2 Å². The highest BCUT2D eigenvalue weighted by atomic mass is 16.2. The van der Waals surface area contributed by atoms with Crippen LogP contribution in [0.1, 0.15) is 31.3 Å². The van der Waals surface area contributed by atoms with Crippen LogP contribution >= 0.6 is 0 Å². The molecule has 24 heavy (non-hydrogen) atoms. The van der Waals surface area contributed by atoms with Gasteiger partial charge in [0, 0.05) is 19.6 Å². The Bertz CT molecular complexity index is 671. The monoisotopic (exact) mass is 328 g/mol. The topological polar surface area (TPSA) is 75.1 Å². The Kier molecular flexibility index (Phi) is 5.10. The van der Waals surface area contributed by atoms with Crippen LogP contribution < -0.4 is 10.6 Å². The first-order valence-electron chi connectivity index (χ1n) is 8.40. The number of hydrogen-bond donors (Lipinski definition) is 2. The maximum Gasteiger partial charge on any atom is 0.318 e. The summed E-state index contributed by atoms with van der Waals surface area (Å²) in [6.45, 7) is 6.76. The Labute approximate surface area is 142 Å². The summed E-state index contributed by atoms with van der Waals surface area (Å²) in [5, 5.41) is 14.4.